The highest BCUT2D eigenvalue weighted by atomic mass is 16.3. The second kappa shape index (κ2) is 4.77. The number of benzene rings is 2. The van der Waals surface area contributed by atoms with E-state index < -0.39 is 0 Å². The third kappa shape index (κ3) is 2.02. The van der Waals surface area contributed by atoms with Gasteiger partial charge in [-0.1, -0.05) is 30.3 Å². The standard InChI is InChI=1S/C18H15NO2/c20-18(15-6-3-4-10-19-15)12-8-9-14-13-5-1-2-7-16(13)21-17(14)11-12/h1-2,4-5,7-11,15,19H,3,6H2. The average molecular weight is 277 g/mol. The Hall–Kier alpha value is -2.55. The van der Waals surface area contributed by atoms with Gasteiger partial charge in [0.05, 0.1) is 6.04 Å². The van der Waals surface area contributed by atoms with E-state index in [0.29, 0.717) is 5.56 Å². The van der Waals surface area contributed by atoms with Crippen molar-refractivity contribution >= 4 is 27.7 Å². The minimum atomic E-state index is -0.128. The summed E-state index contributed by atoms with van der Waals surface area (Å²) in [4.78, 5) is 12.5. The number of carbonyl (C=O) groups excluding carboxylic acids is 1. The number of para-hydroxylation sites is 1. The van der Waals surface area contributed by atoms with Crippen molar-refractivity contribution in [3.8, 4) is 0 Å². The molecule has 3 nitrogen and oxygen atoms in total. The molecular weight excluding hydrogens is 262 g/mol. The van der Waals surface area contributed by atoms with Crippen LogP contribution in [0.5, 0.6) is 0 Å². The molecule has 21 heavy (non-hydrogen) atoms. The molecule has 0 spiro atoms. The van der Waals surface area contributed by atoms with E-state index in [2.05, 4.69) is 5.32 Å². The first-order chi connectivity index (χ1) is 10.3. The Balaban J connectivity index is 1.78. The van der Waals surface area contributed by atoms with Gasteiger partial charge < -0.3 is 9.73 Å². The van der Waals surface area contributed by atoms with E-state index in [1.807, 2.05) is 54.7 Å². The number of furan rings is 1. The summed E-state index contributed by atoms with van der Waals surface area (Å²) in [6.07, 6.45) is 5.70. The van der Waals surface area contributed by atoms with Gasteiger partial charge in [-0.05, 0) is 37.2 Å². The van der Waals surface area contributed by atoms with Crippen LogP contribution < -0.4 is 5.32 Å². The van der Waals surface area contributed by atoms with Crippen LogP contribution in [0.4, 0.5) is 0 Å². The summed E-state index contributed by atoms with van der Waals surface area (Å²) in [5.74, 6) is 0.127. The van der Waals surface area contributed by atoms with Crippen LogP contribution in [0.3, 0.4) is 0 Å². The van der Waals surface area contributed by atoms with Crippen molar-refractivity contribution in [1.82, 2.24) is 5.32 Å². The molecule has 3 aromatic rings. The number of rotatable bonds is 2. The maximum Gasteiger partial charge on any atom is 0.185 e. The maximum atomic E-state index is 12.5. The minimum Gasteiger partial charge on any atom is -0.456 e. The molecule has 0 amide bonds. The van der Waals surface area contributed by atoms with E-state index in [9.17, 15) is 4.79 Å². The van der Waals surface area contributed by atoms with Gasteiger partial charge in [0.2, 0.25) is 0 Å². The van der Waals surface area contributed by atoms with Crippen molar-refractivity contribution in [2.75, 3.05) is 0 Å². The Morgan fingerprint density at radius 1 is 1.10 bits per heavy atom. The fraction of sp³-hybridized carbons (Fsp3) is 0.167. The van der Waals surface area contributed by atoms with Crippen molar-refractivity contribution in [2.45, 2.75) is 18.9 Å². The molecule has 1 atom stereocenters. The van der Waals surface area contributed by atoms with Crippen LogP contribution in [0.25, 0.3) is 21.9 Å². The highest BCUT2D eigenvalue weighted by molar-refractivity contribution is 6.08. The second-order valence-electron chi connectivity index (χ2n) is 5.37. The molecule has 0 bridgehead atoms. The lowest BCUT2D eigenvalue weighted by atomic mass is 9.98. The van der Waals surface area contributed by atoms with Crippen molar-refractivity contribution < 1.29 is 9.21 Å². The third-order valence-electron chi connectivity index (χ3n) is 4.02. The SMILES string of the molecule is O=C(c1ccc2c(c1)oc1ccccc12)C1CCC=CN1. The lowest BCUT2D eigenvalue weighted by Crippen LogP contribution is -2.35. The first-order valence-electron chi connectivity index (χ1n) is 7.19. The highest BCUT2D eigenvalue weighted by Crippen LogP contribution is 2.29. The summed E-state index contributed by atoms with van der Waals surface area (Å²) in [5.41, 5.74) is 2.33. The maximum absolute atomic E-state index is 12.5. The van der Waals surface area contributed by atoms with Crippen LogP contribution in [-0.4, -0.2) is 11.8 Å². The zero-order valence-corrected chi connectivity index (χ0v) is 11.5. The average Bonchev–Trinajstić information content (AvgIpc) is 2.92. The van der Waals surface area contributed by atoms with Gasteiger partial charge in [0.15, 0.2) is 5.78 Å². The normalized spacial score (nSPS) is 18.0. The lowest BCUT2D eigenvalue weighted by molar-refractivity contribution is 0.0943. The van der Waals surface area contributed by atoms with Crippen LogP contribution in [0.15, 0.2) is 59.2 Å². The fourth-order valence-corrected chi connectivity index (χ4v) is 2.90. The zero-order valence-electron chi connectivity index (χ0n) is 11.5. The highest BCUT2D eigenvalue weighted by Gasteiger charge is 2.20. The number of hydrogen-bond acceptors (Lipinski definition) is 3. The summed E-state index contributed by atoms with van der Waals surface area (Å²) in [6, 6.07) is 13.5. The molecule has 2 aromatic carbocycles. The van der Waals surface area contributed by atoms with Crippen LogP contribution in [0, 0.1) is 0 Å². The van der Waals surface area contributed by atoms with Gasteiger partial charge in [-0.15, -0.1) is 0 Å². The van der Waals surface area contributed by atoms with E-state index in [0.717, 1.165) is 34.8 Å². The van der Waals surface area contributed by atoms with E-state index in [-0.39, 0.29) is 11.8 Å². The van der Waals surface area contributed by atoms with Gasteiger partial charge in [-0.2, -0.15) is 0 Å². The Labute approximate surface area is 122 Å². The van der Waals surface area contributed by atoms with Crippen molar-refractivity contribution in [3.05, 3.63) is 60.3 Å². The lowest BCUT2D eigenvalue weighted by Gasteiger charge is -2.18. The molecule has 0 radical (unpaired) electrons. The van der Waals surface area contributed by atoms with Gasteiger partial charge >= 0.3 is 0 Å². The molecule has 1 aliphatic rings. The van der Waals surface area contributed by atoms with Gasteiger partial charge in [0.1, 0.15) is 11.2 Å². The van der Waals surface area contributed by atoms with Crippen LogP contribution in [0.2, 0.25) is 0 Å². The monoisotopic (exact) mass is 277 g/mol. The number of nitrogens with one attached hydrogen (secondary N) is 1. The molecule has 1 aromatic heterocycles. The molecule has 3 heteroatoms. The van der Waals surface area contributed by atoms with E-state index in [1.165, 1.54) is 0 Å². The predicted molar refractivity (Wildman–Crippen MR) is 83.3 cm³/mol. The Bertz CT molecular complexity index is 860. The Morgan fingerprint density at radius 3 is 2.81 bits per heavy atom. The minimum absolute atomic E-state index is 0.127. The van der Waals surface area contributed by atoms with Crippen molar-refractivity contribution in [3.63, 3.8) is 0 Å². The van der Waals surface area contributed by atoms with E-state index in [1.54, 1.807) is 0 Å². The van der Waals surface area contributed by atoms with Gasteiger partial charge in [-0.25, -0.2) is 0 Å². The molecule has 1 N–H and O–H groups in total. The van der Waals surface area contributed by atoms with Crippen molar-refractivity contribution in [1.29, 1.82) is 0 Å². The van der Waals surface area contributed by atoms with Gasteiger partial charge in [0.25, 0.3) is 0 Å². The fourth-order valence-electron chi connectivity index (χ4n) is 2.90. The topological polar surface area (TPSA) is 42.2 Å². The summed E-state index contributed by atoms with van der Waals surface area (Å²) in [5, 5.41) is 5.27. The number of fused-ring (bicyclic) bond motifs is 3. The first-order valence-corrected chi connectivity index (χ1v) is 7.19. The van der Waals surface area contributed by atoms with E-state index in [4.69, 9.17) is 4.42 Å². The second-order valence-corrected chi connectivity index (χ2v) is 5.37. The molecular formula is C18H15NO2. The Kier molecular flexibility index (Phi) is 2.78. The Morgan fingerprint density at radius 2 is 1.95 bits per heavy atom. The molecule has 104 valence electrons. The zero-order chi connectivity index (χ0) is 14.2. The molecule has 2 heterocycles. The smallest absolute Gasteiger partial charge is 0.185 e. The number of Topliss-reactive ketones (excluding diaryl/α,β-unsaturated/α-hetero) is 1. The molecule has 0 saturated heterocycles. The van der Waals surface area contributed by atoms with E-state index >= 15 is 0 Å². The molecule has 0 saturated carbocycles. The number of ketones is 1. The van der Waals surface area contributed by atoms with Crippen LogP contribution >= 0.6 is 0 Å². The molecule has 0 fully saturated rings. The summed E-state index contributed by atoms with van der Waals surface area (Å²) >= 11 is 0. The first kappa shape index (κ1) is 12.2. The quantitative estimate of drug-likeness (QED) is 0.719. The largest absolute Gasteiger partial charge is 0.456 e. The van der Waals surface area contributed by atoms with Crippen molar-refractivity contribution in [2.24, 2.45) is 0 Å². The molecule has 1 unspecified atom stereocenters. The number of allylic oxidation sites excluding steroid dienone is 1. The summed E-state index contributed by atoms with van der Waals surface area (Å²) in [6.45, 7) is 0. The van der Waals surface area contributed by atoms with Crippen LogP contribution in [-0.2, 0) is 0 Å². The number of carbonyl (C=O) groups is 1. The molecule has 4 rings (SSSR count). The number of hydrogen-bond donors (Lipinski definition) is 1. The van der Waals surface area contributed by atoms with Gasteiger partial charge in [0, 0.05) is 16.3 Å². The predicted octanol–water partition coefficient (Wildman–Crippen LogP) is 4.03. The van der Waals surface area contributed by atoms with Gasteiger partial charge in [-0.3, -0.25) is 4.79 Å². The van der Waals surface area contributed by atoms with Crippen LogP contribution in [0.1, 0.15) is 23.2 Å². The third-order valence-corrected chi connectivity index (χ3v) is 4.02. The summed E-state index contributed by atoms with van der Waals surface area (Å²) in [7, 11) is 0. The molecule has 1 aliphatic heterocycles. The summed E-state index contributed by atoms with van der Waals surface area (Å²) < 4.78 is 5.84. The molecule has 0 aliphatic carbocycles.